The molecule has 0 aliphatic carbocycles. The molecule has 0 amide bonds. The number of aromatic hydroxyl groups is 1. The van der Waals surface area contributed by atoms with Crippen LogP contribution in [0.4, 0.5) is 0 Å². The Balaban J connectivity index is 2.22. The Morgan fingerprint density at radius 1 is 1.27 bits per heavy atom. The second kappa shape index (κ2) is 3.90. The minimum Gasteiger partial charge on any atom is -0.508 e. The van der Waals surface area contributed by atoms with Gasteiger partial charge in [0.1, 0.15) is 5.75 Å². The fraction of sp³-hybridized carbons (Fsp3) is 0.364. The number of hydrogen-bond donors (Lipinski definition) is 3. The summed E-state index contributed by atoms with van der Waals surface area (Å²) in [5, 5.41) is 21.2. The molecule has 0 saturated carbocycles. The standard InChI is InChI=1S/C11H13NO3/c13-8-3-1-7(2-4-8)9-5-12-6-10(9)11(14)15/h1-4,9-10,12-13H,5-6H2,(H,14,15)/t9-,10-/m1/s1. The SMILES string of the molecule is O=C(O)[C@@H]1CNC[C@@H]1c1ccc(O)cc1. The Morgan fingerprint density at radius 3 is 2.53 bits per heavy atom. The fourth-order valence-corrected chi connectivity index (χ4v) is 2.01. The average Bonchev–Trinajstić information content (AvgIpc) is 2.67. The lowest BCUT2D eigenvalue weighted by Gasteiger charge is -2.14. The number of carbonyl (C=O) groups is 1. The molecule has 1 aromatic carbocycles. The lowest BCUT2D eigenvalue weighted by atomic mass is 9.89. The molecule has 0 radical (unpaired) electrons. The van der Waals surface area contributed by atoms with Gasteiger partial charge in [0.2, 0.25) is 0 Å². The third kappa shape index (κ3) is 1.94. The zero-order valence-electron chi connectivity index (χ0n) is 8.18. The highest BCUT2D eigenvalue weighted by Gasteiger charge is 2.33. The highest BCUT2D eigenvalue weighted by atomic mass is 16.4. The normalized spacial score (nSPS) is 25.3. The van der Waals surface area contributed by atoms with Gasteiger partial charge in [-0.3, -0.25) is 4.79 Å². The molecule has 0 spiro atoms. The Bertz CT molecular complexity index is 361. The summed E-state index contributed by atoms with van der Waals surface area (Å²) in [6, 6.07) is 6.74. The summed E-state index contributed by atoms with van der Waals surface area (Å²) in [5.74, 6) is -0.924. The third-order valence-corrected chi connectivity index (χ3v) is 2.85. The molecule has 4 heteroatoms. The molecular formula is C11H13NO3. The number of phenols is 1. The number of carboxylic acid groups (broad SMARTS) is 1. The molecule has 4 nitrogen and oxygen atoms in total. The van der Waals surface area contributed by atoms with Gasteiger partial charge in [-0.2, -0.15) is 0 Å². The minimum atomic E-state index is -0.766. The molecule has 1 saturated heterocycles. The summed E-state index contributed by atoms with van der Waals surface area (Å²) < 4.78 is 0. The number of carboxylic acids is 1. The maximum Gasteiger partial charge on any atom is 0.308 e. The summed E-state index contributed by atoms with van der Waals surface area (Å²) >= 11 is 0. The first kappa shape index (κ1) is 9.98. The monoisotopic (exact) mass is 207 g/mol. The highest BCUT2D eigenvalue weighted by Crippen LogP contribution is 2.29. The van der Waals surface area contributed by atoms with Crippen LogP contribution in [0, 0.1) is 5.92 Å². The van der Waals surface area contributed by atoms with Crippen LogP contribution in [0.2, 0.25) is 0 Å². The van der Waals surface area contributed by atoms with Crippen molar-refractivity contribution in [1.29, 1.82) is 0 Å². The van der Waals surface area contributed by atoms with E-state index in [4.69, 9.17) is 10.2 Å². The van der Waals surface area contributed by atoms with E-state index in [1.165, 1.54) is 0 Å². The van der Waals surface area contributed by atoms with Crippen molar-refractivity contribution < 1.29 is 15.0 Å². The first-order valence-electron chi connectivity index (χ1n) is 4.91. The highest BCUT2D eigenvalue weighted by molar-refractivity contribution is 5.72. The third-order valence-electron chi connectivity index (χ3n) is 2.85. The summed E-state index contributed by atoms with van der Waals surface area (Å²) in [6.07, 6.45) is 0. The van der Waals surface area contributed by atoms with Gasteiger partial charge < -0.3 is 15.5 Å². The fourth-order valence-electron chi connectivity index (χ4n) is 2.01. The van der Waals surface area contributed by atoms with Gasteiger partial charge in [0.05, 0.1) is 5.92 Å². The van der Waals surface area contributed by atoms with Gasteiger partial charge in [-0.15, -0.1) is 0 Å². The van der Waals surface area contributed by atoms with Crippen LogP contribution in [0.1, 0.15) is 11.5 Å². The molecule has 15 heavy (non-hydrogen) atoms. The van der Waals surface area contributed by atoms with E-state index in [9.17, 15) is 4.79 Å². The van der Waals surface area contributed by atoms with E-state index < -0.39 is 5.97 Å². The molecular weight excluding hydrogens is 194 g/mol. The number of aliphatic carboxylic acids is 1. The van der Waals surface area contributed by atoms with Crippen molar-refractivity contribution in [1.82, 2.24) is 5.32 Å². The molecule has 3 N–H and O–H groups in total. The molecule has 2 rings (SSSR count). The maximum absolute atomic E-state index is 11.0. The van der Waals surface area contributed by atoms with Crippen molar-refractivity contribution in [2.24, 2.45) is 5.92 Å². The topological polar surface area (TPSA) is 69.6 Å². The number of rotatable bonds is 2. The smallest absolute Gasteiger partial charge is 0.308 e. The molecule has 1 aliphatic rings. The van der Waals surface area contributed by atoms with Crippen molar-refractivity contribution >= 4 is 5.97 Å². The second-order valence-electron chi connectivity index (χ2n) is 3.80. The quantitative estimate of drug-likeness (QED) is 0.670. The van der Waals surface area contributed by atoms with Gasteiger partial charge in [-0.1, -0.05) is 12.1 Å². The lowest BCUT2D eigenvalue weighted by Crippen LogP contribution is -2.20. The Kier molecular flexibility index (Phi) is 2.60. The number of benzene rings is 1. The van der Waals surface area contributed by atoms with Crippen molar-refractivity contribution in [3.63, 3.8) is 0 Å². The molecule has 1 fully saturated rings. The Morgan fingerprint density at radius 2 is 1.93 bits per heavy atom. The number of nitrogens with one attached hydrogen (secondary N) is 1. The van der Waals surface area contributed by atoms with E-state index in [0.717, 1.165) is 5.56 Å². The van der Waals surface area contributed by atoms with Crippen molar-refractivity contribution in [2.75, 3.05) is 13.1 Å². The van der Waals surface area contributed by atoms with Gasteiger partial charge in [0.25, 0.3) is 0 Å². The molecule has 1 aromatic rings. The largest absolute Gasteiger partial charge is 0.508 e. The Labute approximate surface area is 87.6 Å². The summed E-state index contributed by atoms with van der Waals surface area (Å²) in [5.41, 5.74) is 0.963. The average molecular weight is 207 g/mol. The van der Waals surface area contributed by atoms with E-state index in [2.05, 4.69) is 5.32 Å². The molecule has 0 aromatic heterocycles. The molecule has 0 bridgehead atoms. The first-order chi connectivity index (χ1) is 7.18. The molecule has 1 aliphatic heterocycles. The van der Waals surface area contributed by atoms with Gasteiger partial charge in [-0.05, 0) is 17.7 Å². The summed E-state index contributed by atoms with van der Waals surface area (Å²) in [6.45, 7) is 1.20. The molecule has 2 atom stereocenters. The van der Waals surface area contributed by atoms with Gasteiger partial charge >= 0.3 is 5.97 Å². The van der Waals surface area contributed by atoms with Crippen LogP contribution in [0.3, 0.4) is 0 Å². The van der Waals surface area contributed by atoms with Crippen LogP contribution >= 0.6 is 0 Å². The maximum atomic E-state index is 11.0. The van der Waals surface area contributed by atoms with Crippen LogP contribution in [0.25, 0.3) is 0 Å². The predicted molar refractivity (Wildman–Crippen MR) is 54.8 cm³/mol. The van der Waals surface area contributed by atoms with Crippen LogP contribution in [0.15, 0.2) is 24.3 Å². The van der Waals surface area contributed by atoms with Crippen molar-refractivity contribution in [3.8, 4) is 5.75 Å². The number of hydrogen-bond acceptors (Lipinski definition) is 3. The first-order valence-corrected chi connectivity index (χ1v) is 4.91. The zero-order valence-corrected chi connectivity index (χ0v) is 8.18. The van der Waals surface area contributed by atoms with E-state index in [-0.39, 0.29) is 17.6 Å². The van der Waals surface area contributed by atoms with Gasteiger partial charge in [0.15, 0.2) is 0 Å². The van der Waals surface area contributed by atoms with Gasteiger partial charge in [0, 0.05) is 19.0 Å². The van der Waals surface area contributed by atoms with E-state index in [0.29, 0.717) is 13.1 Å². The molecule has 0 unspecified atom stereocenters. The van der Waals surface area contributed by atoms with Crippen LogP contribution in [-0.2, 0) is 4.79 Å². The van der Waals surface area contributed by atoms with E-state index in [1.54, 1.807) is 24.3 Å². The van der Waals surface area contributed by atoms with E-state index in [1.807, 2.05) is 0 Å². The van der Waals surface area contributed by atoms with Crippen molar-refractivity contribution in [3.05, 3.63) is 29.8 Å². The zero-order chi connectivity index (χ0) is 10.8. The van der Waals surface area contributed by atoms with E-state index >= 15 is 0 Å². The van der Waals surface area contributed by atoms with Crippen LogP contribution in [-0.4, -0.2) is 29.3 Å². The van der Waals surface area contributed by atoms with Crippen LogP contribution < -0.4 is 5.32 Å². The summed E-state index contributed by atoms with van der Waals surface area (Å²) in [7, 11) is 0. The van der Waals surface area contributed by atoms with Gasteiger partial charge in [-0.25, -0.2) is 0 Å². The van der Waals surface area contributed by atoms with Crippen LogP contribution in [0.5, 0.6) is 5.75 Å². The summed E-state index contributed by atoms with van der Waals surface area (Å²) in [4.78, 5) is 11.0. The lowest BCUT2D eigenvalue weighted by molar-refractivity contribution is -0.141. The molecule has 1 heterocycles. The molecule has 80 valence electrons. The van der Waals surface area contributed by atoms with Crippen molar-refractivity contribution in [2.45, 2.75) is 5.92 Å². The second-order valence-corrected chi connectivity index (χ2v) is 3.80. The minimum absolute atomic E-state index is 0.00287. The number of phenolic OH excluding ortho intramolecular Hbond substituents is 1. The predicted octanol–water partition coefficient (Wildman–Crippen LogP) is 0.780. The Hall–Kier alpha value is -1.55.